The highest BCUT2D eigenvalue weighted by Gasteiger charge is 2.09. The van der Waals surface area contributed by atoms with Crippen LogP contribution in [0.3, 0.4) is 0 Å². The molecule has 0 aliphatic heterocycles. The third kappa shape index (κ3) is 8.88. The van der Waals surface area contributed by atoms with E-state index in [2.05, 4.69) is 32.7 Å². The zero-order valence-corrected chi connectivity index (χ0v) is 11.1. The number of hydrogen-bond acceptors (Lipinski definition) is 2. The van der Waals surface area contributed by atoms with Gasteiger partial charge in [-0.1, -0.05) is 26.7 Å². The molecule has 0 aromatic heterocycles. The van der Waals surface area contributed by atoms with Gasteiger partial charge in [-0.3, -0.25) is 0 Å². The van der Waals surface area contributed by atoms with Crippen molar-refractivity contribution in [2.24, 2.45) is 11.7 Å². The number of hydrogen-bond donors (Lipinski definition) is 1. The number of nitrogens with two attached hydrogens (primary N) is 1. The minimum absolute atomic E-state index is 0.722. The van der Waals surface area contributed by atoms with Crippen molar-refractivity contribution in [2.45, 2.75) is 58.9 Å². The maximum absolute atomic E-state index is 5.46. The Hall–Kier alpha value is -0.0800. The third-order valence-corrected chi connectivity index (χ3v) is 3.03. The Kier molecular flexibility index (Phi) is 9.12. The molecule has 0 saturated heterocycles. The Morgan fingerprint density at radius 3 is 2.13 bits per heavy atom. The lowest BCUT2D eigenvalue weighted by molar-refractivity contribution is 0.224. The predicted octanol–water partition coefficient (Wildman–Crippen LogP) is 2.87. The maximum atomic E-state index is 5.46. The normalized spacial score (nSPS) is 13.8. The highest BCUT2D eigenvalue weighted by Crippen LogP contribution is 2.10. The van der Waals surface area contributed by atoms with Crippen LogP contribution in [-0.2, 0) is 0 Å². The van der Waals surface area contributed by atoms with Gasteiger partial charge in [-0.2, -0.15) is 0 Å². The summed E-state index contributed by atoms with van der Waals surface area (Å²) in [6.45, 7) is 9.01. The third-order valence-electron chi connectivity index (χ3n) is 3.03. The molecule has 0 heterocycles. The summed E-state index contributed by atoms with van der Waals surface area (Å²) in [7, 11) is 2.25. The quantitative estimate of drug-likeness (QED) is 0.598. The van der Waals surface area contributed by atoms with E-state index in [1.165, 1.54) is 38.6 Å². The van der Waals surface area contributed by atoms with Crippen LogP contribution in [-0.4, -0.2) is 31.1 Å². The monoisotopic (exact) mass is 214 g/mol. The Morgan fingerprint density at radius 2 is 1.60 bits per heavy atom. The van der Waals surface area contributed by atoms with Crippen LogP contribution in [0.4, 0.5) is 0 Å². The first kappa shape index (κ1) is 14.9. The largest absolute Gasteiger partial charge is 0.330 e. The van der Waals surface area contributed by atoms with Gasteiger partial charge in [0.15, 0.2) is 0 Å². The maximum Gasteiger partial charge on any atom is 0.00663 e. The second-order valence-corrected chi connectivity index (χ2v) is 5.16. The molecule has 0 rings (SSSR count). The van der Waals surface area contributed by atoms with Gasteiger partial charge in [0.05, 0.1) is 0 Å². The first-order valence-corrected chi connectivity index (χ1v) is 6.48. The second kappa shape index (κ2) is 9.17. The Morgan fingerprint density at radius 1 is 1.00 bits per heavy atom. The van der Waals surface area contributed by atoms with Crippen molar-refractivity contribution in [3.05, 3.63) is 0 Å². The van der Waals surface area contributed by atoms with Gasteiger partial charge in [0.25, 0.3) is 0 Å². The van der Waals surface area contributed by atoms with Gasteiger partial charge in [0.1, 0.15) is 0 Å². The minimum atomic E-state index is 0.722. The molecule has 0 amide bonds. The predicted molar refractivity (Wildman–Crippen MR) is 69.1 cm³/mol. The van der Waals surface area contributed by atoms with Gasteiger partial charge in [-0.25, -0.2) is 0 Å². The number of nitrogens with zero attached hydrogens (tertiary/aromatic N) is 1. The fourth-order valence-electron chi connectivity index (χ4n) is 1.94. The Balaban J connectivity index is 3.42. The average Bonchev–Trinajstić information content (AvgIpc) is 2.16. The van der Waals surface area contributed by atoms with Gasteiger partial charge >= 0.3 is 0 Å². The van der Waals surface area contributed by atoms with E-state index < -0.39 is 0 Å². The summed E-state index contributed by atoms with van der Waals surface area (Å²) in [4.78, 5) is 2.49. The molecule has 0 bridgehead atoms. The van der Waals surface area contributed by atoms with Crippen molar-refractivity contribution in [1.29, 1.82) is 0 Å². The minimum Gasteiger partial charge on any atom is -0.330 e. The van der Waals surface area contributed by atoms with E-state index in [-0.39, 0.29) is 0 Å². The standard InChI is InChI=1S/C13H30N2/c1-12(2)11-13(3)15(4)10-8-6-5-7-9-14/h12-13H,5-11,14H2,1-4H3. The molecule has 0 saturated carbocycles. The fraction of sp³-hybridized carbons (Fsp3) is 1.00. The van der Waals surface area contributed by atoms with Crippen LogP contribution in [0.25, 0.3) is 0 Å². The highest BCUT2D eigenvalue weighted by molar-refractivity contribution is 4.65. The second-order valence-electron chi connectivity index (χ2n) is 5.16. The summed E-state index contributed by atoms with van der Waals surface area (Å²) >= 11 is 0. The van der Waals surface area contributed by atoms with Gasteiger partial charge in [-0.05, 0) is 52.2 Å². The van der Waals surface area contributed by atoms with Crippen molar-refractivity contribution >= 4 is 0 Å². The molecule has 2 heteroatoms. The van der Waals surface area contributed by atoms with Gasteiger partial charge in [0, 0.05) is 6.04 Å². The zero-order chi connectivity index (χ0) is 11.7. The van der Waals surface area contributed by atoms with Crippen molar-refractivity contribution in [2.75, 3.05) is 20.1 Å². The molecule has 2 nitrogen and oxygen atoms in total. The van der Waals surface area contributed by atoms with Crippen LogP contribution in [0.1, 0.15) is 52.9 Å². The van der Waals surface area contributed by atoms with E-state index in [4.69, 9.17) is 5.73 Å². The lowest BCUT2D eigenvalue weighted by Gasteiger charge is -2.26. The van der Waals surface area contributed by atoms with Crippen LogP contribution in [0.5, 0.6) is 0 Å². The van der Waals surface area contributed by atoms with Gasteiger partial charge < -0.3 is 10.6 Å². The van der Waals surface area contributed by atoms with Crippen molar-refractivity contribution in [3.8, 4) is 0 Å². The number of rotatable bonds is 9. The SMILES string of the molecule is CC(C)CC(C)N(C)CCCCCCN. The fourth-order valence-corrected chi connectivity index (χ4v) is 1.94. The molecule has 0 aromatic carbocycles. The van der Waals surface area contributed by atoms with Crippen LogP contribution < -0.4 is 5.73 Å². The van der Waals surface area contributed by atoms with E-state index in [1.54, 1.807) is 0 Å². The van der Waals surface area contributed by atoms with Crippen LogP contribution >= 0.6 is 0 Å². The van der Waals surface area contributed by atoms with E-state index in [0.29, 0.717) is 0 Å². The molecule has 0 fully saturated rings. The van der Waals surface area contributed by atoms with E-state index in [1.807, 2.05) is 0 Å². The molecule has 92 valence electrons. The topological polar surface area (TPSA) is 29.3 Å². The molecule has 0 aromatic rings. The van der Waals surface area contributed by atoms with Crippen molar-refractivity contribution in [3.63, 3.8) is 0 Å². The molecule has 15 heavy (non-hydrogen) atoms. The summed E-state index contributed by atoms with van der Waals surface area (Å²) < 4.78 is 0. The van der Waals surface area contributed by atoms with E-state index in [0.717, 1.165) is 18.5 Å². The van der Waals surface area contributed by atoms with Crippen LogP contribution in [0.15, 0.2) is 0 Å². The summed E-state index contributed by atoms with van der Waals surface area (Å²) in [5.41, 5.74) is 5.46. The molecular formula is C13H30N2. The molecule has 0 aliphatic carbocycles. The van der Waals surface area contributed by atoms with Crippen molar-refractivity contribution in [1.82, 2.24) is 4.90 Å². The first-order valence-electron chi connectivity index (χ1n) is 6.48. The lowest BCUT2D eigenvalue weighted by Crippen LogP contribution is -2.31. The smallest absolute Gasteiger partial charge is 0.00663 e. The molecule has 0 radical (unpaired) electrons. The van der Waals surface area contributed by atoms with E-state index >= 15 is 0 Å². The number of unbranched alkanes of at least 4 members (excludes halogenated alkanes) is 3. The van der Waals surface area contributed by atoms with Crippen molar-refractivity contribution < 1.29 is 0 Å². The molecule has 1 atom stereocenters. The van der Waals surface area contributed by atoms with Gasteiger partial charge in [-0.15, -0.1) is 0 Å². The first-order chi connectivity index (χ1) is 7.07. The molecule has 0 aliphatic rings. The average molecular weight is 214 g/mol. The molecule has 1 unspecified atom stereocenters. The molecular weight excluding hydrogens is 184 g/mol. The summed E-state index contributed by atoms with van der Waals surface area (Å²) in [5, 5.41) is 0. The Bertz CT molecular complexity index is 134. The highest BCUT2D eigenvalue weighted by atomic mass is 15.1. The summed E-state index contributed by atoms with van der Waals surface area (Å²) in [5.74, 6) is 0.805. The van der Waals surface area contributed by atoms with E-state index in [9.17, 15) is 0 Å². The molecule has 0 spiro atoms. The summed E-state index contributed by atoms with van der Waals surface area (Å²) in [6.07, 6.45) is 6.43. The Labute approximate surface area is 96.2 Å². The summed E-state index contributed by atoms with van der Waals surface area (Å²) in [6, 6.07) is 0.722. The zero-order valence-electron chi connectivity index (χ0n) is 11.1. The van der Waals surface area contributed by atoms with Crippen LogP contribution in [0.2, 0.25) is 0 Å². The lowest BCUT2D eigenvalue weighted by atomic mass is 10.0. The van der Waals surface area contributed by atoms with Gasteiger partial charge in [0.2, 0.25) is 0 Å². The molecule has 2 N–H and O–H groups in total. The van der Waals surface area contributed by atoms with Crippen LogP contribution in [0, 0.1) is 5.92 Å².